The normalized spacial score (nSPS) is 14.8. The van der Waals surface area contributed by atoms with Crippen LogP contribution in [0.1, 0.15) is 12.8 Å². The number of hydrogen-bond donors (Lipinski definition) is 2. The van der Waals surface area contributed by atoms with E-state index >= 15 is 0 Å². The van der Waals surface area contributed by atoms with E-state index in [2.05, 4.69) is 15.5 Å². The van der Waals surface area contributed by atoms with E-state index in [0.717, 1.165) is 37.4 Å². The van der Waals surface area contributed by atoms with Crippen LogP contribution in [-0.2, 0) is 4.74 Å². The number of anilines is 3. The molecule has 0 bridgehead atoms. The lowest BCUT2D eigenvalue weighted by Gasteiger charge is -2.33. The molecule has 0 aliphatic carbocycles. The molecule has 1 aliphatic rings. The number of nitrogens with zero attached hydrogens (tertiary/aromatic N) is 1. The van der Waals surface area contributed by atoms with Gasteiger partial charge in [-0.3, -0.25) is 0 Å². The van der Waals surface area contributed by atoms with E-state index in [-0.39, 0.29) is 6.03 Å². The van der Waals surface area contributed by atoms with Gasteiger partial charge in [-0.15, -0.1) is 0 Å². The SMILES string of the molecule is COc1ccc(NC(=O)Nc2ccc(N3CCC(OC)CC3)cc2)cc1. The Labute approximate surface area is 154 Å². The number of ether oxygens (including phenoxy) is 2. The van der Waals surface area contributed by atoms with Gasteiger partial charge in [0.1, 0.15) is 5.75 Å². The third kappa shape index (κ3) is 4.67. The average molecular weight is 355 g/mol. The second kappa shape index (κ2) is 8.58. The molecule has 6 heteroatoms. The maximum atomic E-state index is 12.1. The first-order chi connectivity index (χ1) is 12.7. The fraction of sp³-hybridized carbons (Fsp3) is 0.350. The zero-order chi connectivity index (χ0) is 18.4. The highest BCUT2D eigenvalue weighted by Gasteiger charge is 2.18. The maximum Gasteiger partial charge on any atom is 0.323 e. The molecule has 0 spiro atoms. The van der Waals surface area contributed by atoms with Crippen molar-refractivity contribution in [3.63, 3.8) is 0 Å². The van der Waals surface area contributed by atoms with E-state index in [9.17, 15) is 4.79 Å². The standard InChI is InChI=1S/C20H25N3O3/c1-25-18-9-5-16(6-10-18)22-20(24)21-15-3-7-17(8-4-15)23-13-11-19(26-2)12-14-23/h3-10,19H,11-14H2,1-2H3,(H2,21,22,24). The topological polar surface area (TPSA) is 62.8 Å². The van der Waals surface area contributed by atoms with Crippen molar-refractivity contribution in [1.29, 1.82) is 0 Å². The highest BCUT2D eigenvalue weighted by atomic mass is 16.5. The van der Waals surface area contributed by atoms with Gasteiger partial charge in [0, 0.05) is 37.3 Å². The average Bonchev–Trinajstić information content (AvgIpc) is 2.69. The quantitative estimate of drug-likeness (QED) is 0.852. The fourth-order valence-electron chi connectivity index (χ4n) is 3.07. The predicted octanol–water partition coefficient (Wildman–Crippen LogP) is 3.95. The van der Waals surface area contributed by atoms with E-state index < -0.39 is 0 Å². The maximum absolute atomic E-state index is 12.1. The van der Waals surface area contributed by atoms with Crippen molar-refractivity contribution >= 4 is 23.1 Å². The number of piperidine rings is 1. The molecule has 138 valence electrons. The van der Waals surface area contributed by atoms with Crippen LogP contribution in [-0.4, -0.2) is 39.4 Å². The molecule has 1 heterocycles. The lowest BCUT2D eigenvalue weighted by atomic mass is 10.1. The molecule has 2 N–H and O–H groups in total. The third-order valence-corrected chi connectivity index (χ3v) is 4.61. The molecule has 26 heavy (non-hydrogen) atoms. The van der Waals surface area contributed by atoms with Crippen LogP contribution in [0, 0.1) is 0 Å². The van der Waals surface area contributed by atoms with Gasteiger partial charge in [-0.25, -0.2) is 4.79 Å². The first-order valence-corrected chi connectivity index (χ1v) is 8.78. The highest BCUT2D eigenvalue weighted by molar-refractivity contribution is 5.99. The van der Waals surface area contributed by atoms with Crippen molar-refractivity contribution in [1.82, 2.24) is 0 Å². The summed E-state index contributed by atoms with van der Waals surface area (Å²) in [5.74, 6) is 0.751. The number of benzene rings is 2. The first kappa shape index (κ1) is 18.1. The molecule has 0 saturated carbocycles. The van der Waals surface area contributed by atoms with Gasteiger partial charge in [0.05, 0.1) is 13.2 Å². The molecule has 0 radical (unpaired) electrons. The van der Waals surface area contributed by atoms with Crippen LogP contribution in [0.25, 0.3) is 0 Å². The number of methoxy groups -OCH3 is 2. The second-order valence-electron chi connectivity index (χ2n) is 6.28. The molecule has 1 aliphatic heterocycles. The zero-order valence-electron chi connectivity index (χ0n) is 15.2. The summed E-state index contributed by atoms with van der Waals surface area (Å²) >= 11 is 0. The number of amides is 2. The van der Waals surface area contributed by atoms with E-state index in [4.69, 9.17) is 9.47 Å². The van der Waals surface area contributed by atoms with Gasteiger partial charge in [0.25, 0.3) is 0 Å². The Balaban J connectivity index is 1.52. The van der Waals surface area contributed by atoms with Crippen molar-refractivity contribution in [3.8, 4) is 5.75 Å². The highest BCUT2D eigenvalue weighted by Crippen LogP contribution is 2.23. The molecule has 2 aromatic carbocycles. The number of carbonyl (C=O) groups excluding carboxylic acids is 1. The van der Waals surface area contributed by atoms with E-state index in [1.807, 2.05) is 24.3 Å². The molecule has 6 nitrogen and oxygen atoms in total. The molecule has 1 saturated heterocycles. The van der Waals surface area contributed by atoms with Crippen molar-refractivity contribution in [2.24, 2.45) is 0 Å². The monoisotopic (exact) mass is 355 g/mol. The Bertz CT molecular complexity index is 708. The van der Waals surface area contributed by atoms with Gasteiger partial charge in [0.15, 0.2) is 0 Å². The number of hydrogen-bond acceptors (Lipinski definition) is 4. The van der Waals surface area contributed by atoms with Crippen molar-refractivity contribution in [2.45, 2.75) is 18.9 Å². The summed E-state index contributed by atoms with van der Waals surface area (Å²) in [5, 5.41) is 5.65. The summed E-state index contributed by atoms with van der Waals surface area (Å²) < 4.78 is 10.5. The van der Waals surface area contributed by atoms with Gasteiger partial charge in [-0.05, 0) is 61.4 Å². The summed E-state index contributed by atoms with van der Waals surface area (Å²) in [6.45, 7) is 1.98. The largest absolute Gasteiger partial charge is 0.497 e. The number of carbonyl (C=O) groups is 1. The van der Waals surface area contributed by atoms with E-state index in [1.165, 1.54) is 5.69 Å². The van der Waals surface area contributed by atoms with Crippen LogP contribution in [0.15, 0.2) is 48.5 Å². The number of urea groups is 1. The van der Waals surface area contributed by atoms with Gasteiger partial charge < -0.3 is 25.0 Å². The van der Waals surface area contributed by atoms with Crippen LogP contribution in [0.3, 0.4) is 0 Å². The van der Waals surface area contributed by atoms with Gasteiger partial charge in [-0.2, -0.15) is 0 Å². The van der Waals surface area contributed by atoms with Crippen LogP contribution >= 0.6 is 0 Å². The number of nitrogens with one attached hydrogen (secondary N) is 2. The molecular formula is C20H25N3O3. The minimum absolute atomic E-state index is 0.274. The lowest BCUT2D eigenvalue weighted by molar-refractivity contribution is 0.0819. The summed E-state index contributed by atoms with van der Waals surface area (Å²) in [6.07, 6.45) is 2.45. The summed E-state index contributed by atoms with van der Waals surface area (Å²) in [7, 11) is 3.39. The Morgan fingerprint density at radius 3 is 1.96 bits per heavy atom. The predicted molar refractivity (Wildman–Crippen MR) is 104 cm³/mol. The lowest BCUT2D eigenvalue weighted by Crippen LogP contribution is -2.36. The molecule has 2 amide bonds. The van der Waals surface area contributed by atoms with Gasteiger partial charge in [-0.1, -0.05) is 0 Å². The van der Waals surface area contributed by atoms with Crippen LogP contribution in [0.5, 0.6) is 5.75 Å². The third-order valence-electron chi connectivity index (χ3n) is 4.61. The van der Waals surface area contributed by atoms with Crippen molar-refractivity contribution in [3.05, 3.63) is 48.5 Å². The Morgan fingerprint density at radius 1 is 0.923 bits per heavy atom. The molecule has 2 aromatic rings. The molecule has 0 aromatic heterocycles. The molecule has 0 unspecified atom stereocenters. The summed E-state index contributed by atoms with van der Waals surface area (Å²) in [6, 6.07) is 14.8. The van der Waals surface area contributed by atoms with E-state index in [0.29, 0.717) is 11.8 Å². The van der Waals surface area contributed by atoms with Crippen LogP contribution < -0.4 is 20.3 Å². The smallest absolute Gasteiger partial charge is 0.323 e. The molecule has 1 fully saturated rings. The van der Waals surface area contributed by atoms with Crippen LogP contribution in [0.4, 0.5) is 21.9 Å². The molecule has 0 atom stereocenters. The van der Waals surface area contributed by atoms with Gasteiger partial charge in [0.2, 0.25) is 0 Å². The summed E-state index contributed by atoms with van der Waals surface area (Å²) in [5.41, 5.74) is 2.63. The fourth-order valence-corrected chi connectivity index (χ4v) is 3.07. The first-order valence-electron chi connectivity index (χ1n) is 8.78. The van der Waals surface area contributed by atoms with E-state index in [1.54, 1.807) is 38.5 Å². The van der Waals surface area contributed by atoms with Gasteiger partial charge >= 0.3 is 6.03 Å². The minimum atomic E-state index is -0.274. The Hall–Kier alpha value is -2.73. The Morgan fingerprint density at radius 2 is 1.46 bits per heavy atom. The second-order valence-corrected chi connectivity index (χ2v) is 6.28. The van der Waals surface area contributed by atoms with Crippen molar-refractivity contribution < 1.29 is 14.3 Å². The molecular weight excluding hydrogens is 330 g/mol. The summed E-state index contributed by atoms with van der Waals surface area (Å²) in [4.78, 5) is 14.5. The van der Waals surface area contributed by atoms with Crippen LogP contribution in [0.2, 0.25) is 0 Å². The zero-order valence-corrected chi connectivity index (χ0v) is 15.2. The Kier molecular flexibility index (Phi) is 5.96. The van der Waals surface area contributed by atoms with Crippen molar-refractivity contribution in [2.75, 3.05) is 42.8 Å². The molecule has 3 rings (SSSR count). The minimum Gasteiger partial charge on any atom is -0.497 e. The number of rotatable bonds is 5.